The molecule has 10 heteroatoms. The zero-order valence-electron chi connectivity index (χ0n) is 15.2. The molecular weight excluding hydrogens is 434 g/mol. The Morgan fingerprint density at radius 3 is 2.43 bits per heavy atom. The quantitative estimate of drug-likeness (QED) is 0.422. The first-order valence-corrected chi connectivity index (χ1v) is 11.4. The molecule has 0 radical (unpaired) electrons. The van der Waals surface area contributed by atoms with E-state index in [9.17, 15) is 4.79 Å². The number of amides is 1. The molecule has 3 rings (SSSR count). The van der Waals surface area contributed by atoms with Crippen molar-refractivity contribution in [1.29, 1.82) is 5.26 Å². The maximum Gasteiger partial charge on any atom is 0.260 e. The molecule has 0 spiro atoms. The molecule has 0 fully saturated rings. The highest BCUT2D eigenvalue weighted by Gasteiger charge is 2.17. The Bertz CT molecular complexity index is 1030. The molecule has 3 aromatic rings. The number of nitriles is 1. The van der Waals surface area contributed by atoms with Gasteiger partial charge in [-0.05, 0) is 23.6 Å². The van der Waals surface area contributed by atoms with Gasteiger partial charge in [-0.25, -0.2) is 9.97 Å². The van der Waals surface area contributed by atoms with Gasteiger partial charge in [0.1, 0.15) is 26.5 Å². The van der Waals surface area contributed by atoms with E-state index in [1.165, 1.54) is 11.3 Å². The first kappa shape index (κ1) is 22.3. The topological polar surface area (TPSA) is 119 Å². The number of fused-ring (bicyclic) bond motifs is 1. The predicted octanol–water partition coefficient (Wildman–Crippen LogP) is 4.81. The van der Waals surface area contributed by atoms with Gasteiger partial charge in [0.05, 0.1) is 5.69 Å². The summed E-state index contributed by atoms with van der Waals surface area (Å²) in [5.74, 6) is 1.38. The number of nitrogens with zero attached hydrogens (tertiary/aromatic N) is 3. The van der Waals surface area contributed by atoms with E-state index >= 15 is 0 Å². The second-order valence-electron chi connectivity index (χ2n) is 5.15. The van der Waals surface area contributed by atoms with Crippen LogP contribution in [0.15, 0.2) is 34.3 Å². The van der Waals surface area contributed by atoms with Crippen molar-refractivity contribution in [2.45, 2.75) is 23.6 Å². The molecule has 146 valence electrons. The van der Waals surface area contributed by atoms with E-state index in [0.717, 1.165) is 31.5 Å². The van der Waals surface area contributed by atoms with Gasteiger partial charge in [-0.3, -0.25) is 4.79 Å². The summed E-state index contributed by atoms with van der Waals surface area (Å²) in [6.07, 6.45) is 3.34. The van der Waals surface area contributed by atoms with E-state index in [-0.39, 0.29) is 5.15 Å². The van der Waals surface area contributed by atoms with Gasteiger partial charge in [0.25, 0.3) is 5.91 Å². The minimum absolute atomic E-state index is 0.288. The van der Waals surface area contributed by atoms with E-state index in [1.807, 2.05) is 19.1 Å². The molecule has 3 heterocycles. The van der Waals surface area contributed by atoms with Crippen molar-refractivity contribution in [2.24, 2.45) is 5.73 Å². The number of primary amides is 1. The summed E-state index contributed by atoms with van der Waals surface area (Å²) in [7, 11) is 0. The third-order valence-electron chi connectivity index (χ3n) is 3.39. The van der Waals surface area contributed by atoms with Crippen LogP contribution in [-0.2, 0) is 0 Å². The van der Waals surface area contributed by atoms with Gasteiger partial charge < -0.3 is 11.5 Å². The molecule has 0 atom stereocenters. The molecule has 4 N–H and O–H groups in total. The average molecular weight is 452 g/mol. The third-order valence-corrected chi connectivity index (χ3v) is 6.69. The van der Waals surface area contributed by atoms with Crippen molar-refractivity contribution in [3.05, 3.63) is 40.1 Å². The molecule has 0 aliphatic heterocycles. The standard InChI is InChI=1S/C10H11N3OS2.C8H7ClN2S/c1-2-15-5-3-4-13-10-6(5)7(11)8(16-10)9(12)14;1-2-12-7-3-4-11-8(9)6(7)5-10/h3-4H,2,11H2,1H3,(H2,12,14);3-4H,2H2,1H3. The lowest BCUT2D eigenvalue weighted by atomic mass is 10.2. The highest BCUT2D eigenvalue weighted by atomic mass is 35.5. The fraction of sp³-hybridized carbons (Fsp3) is 0.222. The summed E-state index contributed by atoms with van der Waals surface area (Å²) in [4.78, 5) is 22.3. The Kier molecular flexibility index (Phi) is 8.38. The minimum Gasteiger partial charge on any atom is -0.397 e. The number of pyridine rings is 2. The number of carbonyl (C=O) groups is 1. The zero-order valence-corrected chi connectivity index (χ0v) is 18.4. The van der Waals surface area contributed by atoms with Gasteiger partial charge in [0, 0.05) is 27.6 Å². The predicted molar refractivity (Wildman–Crippen MR) is 119 cm³/mol. The maximum atomic E-state index is 11.2. The van der Waals surface area contributed by atoms with Crippen LogP contribution in [0, 0.1) is 11.3 Å². The average Bonchev–Trinajstić information content (AvgIpc) is 3.01. The van der Waals surface area contributed by atoms with Gasteiger partial charge in [0.15, 0.2) is 0 Å². The number of hydrogen-bond donors (Lipinski definition) is 2. The summed E-state index contributed by atoms with van der Waals surface area (Å²) in [6.45, 7) is 4.09. The fourth-order valence-electron chi connectivity index (χ4n) is 2.27. The van der Waals surface area contributed by atoms with Crippen LogP contribution in [0.3, 0.4) is 0 Å². The lowest BCUT2D eigenvalue weighted by molar-refractivity contribution is 0.100. The number of thioether (sulfide) groups is 2. The van der Waals surface area contributed by atoms with Crippen molar-refractivity contribution in [2.75, 3.05) is 17.2 Å². The molecule has 0 saturated heterocycles. The lowest BCUT2D eigenvalue weighted by Gasteiger charge is -2.01. The highest BCUT2D eigenvalue weighted by molar-refractivity contribution is 7.99. The molecule has 28 heavy (non-hydrogen) atoms. The third kappa shape index (κ3) is 5.08. The Morgan fingerprint density at radius 2 is 1.82 bits per heavy atom. The molecule has 0 saturated carbocycles. The fourth-order valence-corrected chi connectivity index (χ4v) is 5.11. The molecule has 1 amide bonds. The van der Waals surface area contributed by atoms with Crippen LogP contribution in [-0.4, -0.2) is 27.4 Å². The Labute approximate surface area is 180 Å². The summed E-state index contributed by atoms with van der Waals surface area (Å²) in [6, 6.07) is 5.74. The van der Waals surface area contributed by atoms with Crippen LogP contribution in [0.4, 0.5) is 5.69 Å². The lowest BCUT2D eigenvalue weighted by Crippen LogP contribution is -2.10. The molecule has 0 aromatic carbocycles. The minimum atomic E-state index is -0.493. The number of rotatable bonds is 5. The summed E-state index contributed by atoms with van der Waals surface area (Å²) in [5.41, 5.74) is 12.1. The molecule has 0 bridgehead atoms. The van der Waals surface area contributed by atoms with Gasteiger partial charge in [-0.15, -0.1) is 34.9 Å². The van der Waals surface area contributed by atoms with E-state index in [4.69, 9.17) is 28.3 Å². The van der Waals surface area contributed by atoms with Crippen molar-refractivity contribution in [3.63, 3.8) is 0 Å². The molecule has 0 aliphatic rings. The number of nitrogens with two attached hydrogens (primary N) is 2. The number of hydrogen-bond acceptors (Lipinski definition) is 8. The maximum absolute atomic E-state index is 11.2. The number of anilines is 1. The second kappa shape index (κ2) is 10.5. The monoisotopic (exact) mass is 451 g/mol. The van der Waals surface area contributed by atoms with Crippen molar-refractivity contribution >= 4 is 68.3 Å². The zero-order chi connectivity index (χ0) is 20.7. The van der Waals surface area contributed by atoms with E-state index in [2.05, 4.69) is 16.9 Å². The van der Waals surface area contributed by atoms with Gasteiger partial charge in [0.2, 0.25) is 0 Å². The first-order valence-electron chi connectivity index (χ1n) is 8.21. The van der Waals surface area contributed by atoms with Gasteiger partial charge in [-0.2, -0.15) is 5.26 Å². The summed E-state index contributed by atoms with van der Waals surface area (Å²) < 4.78 is 0. The molecule has 3 aromatic heterocycles. The van der Waals surface area contributed by atoms with Crippen LogP contribution < -0.4 is 11.5 Å². The van der Waals surface area contributed by atoms with Crippen molar-refractivity contribution in [1.82, 2.24) is 9.97 Å². The molecule has 0 unspecified atom stereocenters. The van der Waals surface area contributed by atoms with Crippen LogP contribution in [0.25, 0.3) is 10.2 Å². The Balaban J connectivity index is 0.000000209. The second-order valence-corrected chi connectivity index (χ2v) is 9.12. The van der Waals surface area contributed by atoms with Crippen LogP contribution in [0.1, 0.15) is 29.1 Å². The number of aromatic nitrogens is 2. The highest BCUT2D eigenvalue weighted by Crippen LogP contribution is 2.38. The number of nitrogen functional groups attached to an aromatic ring is 1. The summed E-state index contributed by atoms with van der Waals surface area (Å²) >= 11 is 10.2. The largest absolute Gasteiger partial charge is 0.397 e. The Morgan fingerprint density at radius 1 is 1.21 bits per heavy atom. The summed E-state index contributed by atoms with van der Waals surface area (Å²) in [5, 5.41) is 9.88. The van der Waals surface area contributed by atoms with Crippen LogP contribution in [0.5, 0.6) is 0 Å². The first-order chi connectivity index (χ1) is 13.4. The van der Waals surface area contributed by atoms with Gasteiger partial charge >= 0.3 is 0 Å². The normalized spacial score (nSPS) is 10.2. The van der Waals surface area contributed by atoms with Crippen LogP contribution in [0.2, 0.25) is 5.15 Å². The van der Waals surface area contributed by atoms with Gasteiger partial charge in [-0.1, -0.05) is 25.4 Å². The van der Waals surface area contributed by atoms with Crippen LogP contribution >= 0.6 is 46.5 Å². The molecule has 6 nitrogen and oxygen atoms in total. The van der Waals surface area contributed by atoms with Crippen molar-refractivity contribution in [3.8, 4) is 6.07 Å². The SMILES string of the molecule is CCSc1ccnc(Cl)c1C#N.CCSc1ccnc2sc(C(N)=O)c(N)c12. The number of halogens is 1. The van der Waals surface area contributed by atoms with Crippen molar-refractivity contribution < 1.29 is 4.79 Å². The number of thiophene rings is 1. The molecule has 0 aliphatic carbocycles. The van der Waals surface area contributed by atoms with E-state index in [1.54, 1.807) is 42.0 Å². The van der Waals surface area contributed by atoms with E-state index in [0.29, 0.717) is 16.1 Å². The molecular formula is C18H18ClN5OS3. The Hall–Kier alpha value is -1.99. The smallest absolute Gasteiger partial charge is 0.260 e. The number of carbonyl (C=O) groups excluding carboxylic acids is 1. The van der Waals surface area contributed by atoms with E-state index < -0.39 is 5.91 Å².